The maximum Gasteiger partial charge on any atom is 0.272 e. The van der Waals surface area contributed by atoms with Gasteiger partial charge in [0.15, 0.2) is 0 Å². The van der Waals surface area contributed by atoms with Gasteiger partial charge in [-0.3, -0.25) is 9.59 Å². The third-order valence-corrected chi connectivity index (χ3v) is 3.73. The van der Waals surface area contributed by atoms with Crippen LogP contribution in [0, 0.1) is 5.82 Å². The molecule has 2 amide bonds. The molecule has 0 bridgehead atoms. The second-order valence-corrected chi connectivity index (χ2v) is 5.33. The molecule has 1 saturated heterocycles. The molecule has 1 aliphatic rings. The van der Waals surface area contributed by atoms with E-state index >= 15 is 0 Å². The molecule has 1 aliphatic heterocycles. The van der Waals surface area contributed by atoms with Crippen molar-refractivity contribution in [2.24, 2.45) is 0 Å². The standard InChI is InChI=1S/C16H16FN5O2/c17-12-1-3-13(4-2-12)19-16-18-6-5-14(20-16)15(24)22-9-7-21(11-23)8-10-22/h1-6,11H,7-10H2,(H,18,19,20). The first kappa shape index (κ1) is 15.9. The number of hydrogen-bond acceptors (Lipinski definition) is 5. The Bertz CT molecular complexity index is 730. The van der Waals surface area contributed by atoms with Gasteiger partial charge in [0.2, 0.25) is 12.4 Å². The highest BCUT2D eigenvalue weighted by Crippen LogP contribution is 2.14. The molecule has 0 atom stereocenters. The smallest absolute Gasteiger partial charge is 0.272 e. The molecular weight excluding hydrogens is 313 g/mol. The minimum absolute atomic E-state index is 0.204. The van der Waals surface area contributed by atoms with Crippen molar-refractivity contribution in [3.05, 3.63) is 48.0 Å². The summed E-state index contributed by atoms with van der Waals surface area (Å²) >= 11 is 0. The van der Waals surface area contributed by atoms with Gasteiger partial charge in [-0.05, 0) is 30.3 Å². The SMILES string of the molecule is O=CN1CCN(C(=O)c2ccnc(Nc3ccc(F)cc3)n2)CC1. The minimum atomic E-state index is -0.333. The highest BCUT2D eigenvalue weighted by molar-refractivity contribution is 5.92. The van der Waals surface area contributed by atoms with Crippen LogP contribution in [0.3, 0.4) is 0 Å². The van der Waals surface area contributed by atoms with Crippen LogP contribution in [0.2, 0.25) is 0 Å². The fourth-order valence-electron chi connectivity index (χ4n) is 2.39. The predicted octanol–water partition coefficient (Wildman–Crippen LogP) is 1.27. The molecule has 0 aliphatic carbocycles. The number of carbonyl (C=O) groups is 2. The number of nitrogens with zero attached hydrogens (tertiary/aromatic N) is 4. The predicted molar refractivity (Wildman–Crippen MR) is 85.3 cm³/mol. The number of rotatable bonds is 4. The molecule has 1 N–H and O–H groups in total. The molecule has 0 saturated carbocycles. The third-order valence-electron chi connectivity index (χ3n) is 3.73. The Balaban J connectivity index is 1.69. The number of nitrogens with one attached hydrogen (secondary N) is 1. The van der Waals surface area contributed by atoms with E-state index in [1.807, 2.05) is 0 Å². The molecule has 0 spiro atoms. The number of hydrogen-bond donors (Lipinski definition) is 1. The van der Waals surface area contributed by atoms with Gasteiger partial charge in [0, 0.05) is 38.1 Å². The lowest BCUT2D eigenvalue weighted by atomic mass is 10.3. The zero-order valence-corrected chi connectivity index (χ0v) is 12.9. The highest BCUT2D eigenvalue weighted by atomic mass is 19.1. The van der Waals surface area contributed by atoms with Crippen molar-refractivity contribution < 1.29 is 14.0 Å². The molecular formula is C16H16FN5O2. The maximum atomic E-state index is 12.9. The van der Waals surface area contributed by atoms with Crippen LogP contribution in [0.25, 0.3) is 0 Å². The summed E-state index contributed by atoms with van der Waals surface area (Å²) in [5, 5.41) is 2.93. The van der Waals surface area contributed by atoms with Crippen LogP contribution >= 0.6 is 0 Å². The lowest BCUT2D eigenvalue weighted by molar-refractivity contribution is -0.119. The molecule has 1 fully saturated rings. The van der Waals surface area contributed by atoms with Gasteiger partial charge >= 0.3 is 0 Å². The van der Waals surface area contributed by atoms with E-state index in [4.69, 9.17) is 0 Å². The fourth-order valence-corrected chi connectivity index (χ4v) is 2.39. The van der Waals surface area contributed by atoms with Crippen LogP contribution in [0.5, 0.6) is 0 Å². The largest absolute Gasteiger partial charge is 0.342 e. The van der Waals surface area contributed by atoms with Crippen molar-refractivity contribution in [2.45, 2.75) is 0 Å². The average molecular weight is 329 g/mol. The Morgan fingerprint density at radius 2 is 1.83 bits per heavy atom. The molecule has 3 rings (SSSR count). The van der Waals surface area contributed by atoms with Gasteiger partial charge in [0.25, 0.3) is 5.91 Å². The van der Waals surface area contributed by atoms with Crippen molar-refractivity contribution in [3.8, 4) is 0 Å². The molecule has 7 nitrogen and oxygen atoms in total. The zero-order valence-electron chi connectivity index (χ0n) is 12.9. The van der Waals surface area contributed by atoms with Crippen molar-refractivity contribution in [1.82, 2.24) is 19.8 Å². The van der Waals surface area contributed by atoms with E-state index in [9.17, 15) is 14.0 Å². The number of halogens is 1. The van der Waals surface area contributed by atoms with Gasteiger partial charge in [-0.15, -0.1) is 0 Å². The van der Waals surface area contributed by atoms with E-state index < -0.39 is 0 Å². The van der Waals surface area contributed by atoms with Gasteiger partial charge in [-0.2, -0.15) is 0 Å². The van der Waals surface area contributed by atoms with Crippen LogP contribution in [0.4, 0.5) is 16.0 Å². The molecule has 2 aromatic rings. The monoisotopic (exact) mass is 329 g/mol. The van der Waals surface area contributed by atoms with Gasteiger partial charge in [-0.1, -0.05) is 0 Å². The minimum Gasteiger partial charge on any atom is -0.342 e. The van der Waals surface area contributed by atoms with Crippen molar-refractivity contribution in [2.75, 3.05) is 31.5 Å². The van der Waals surface area contributed by atoms with Crippen LogP contribution in [0.1, 0.15) is 10.5 Å². The van der Waals surface area contributed by atoms with Gasteiger partial charge in [0.1, 0.15) is 11.5 Å². The number of amides is 2. The topological polar surface area (TPSA) is 78.4 Å². The van der Waals surface area contributed by atoms with E-state index in [1.54, 1.807) is 28.0 Å². The summed E-state index contributed by atoms with van der Waals surface area (Å²) < 4.78 is 12.9. The number of carbonyl (C=O) groups excluding carboxylic acids is 2. The average Bonchev–Trinajstić information content (AvgIpc) is 2.63. The second kappa shape index (κ2) is 7.03. The molecule has 0 unspecified atom stereocenters. The number of aromatic nitrogens is 2. The van der Waals surface area contributed by atoms with E-state index in [1.165, 1.54) is 18.3 Å². The quantitative estimate of drug-likeness (QED) is 0.855. The Kier molecular flexibility index (Phi) is 4.64. The molecule has 0 radical (unpaired) electrons. The van der Waals surface area contributed by atoms with Gasteiger partial charge < -0.3 is 15.1 Å². The van der Waals surface area contributed by atoms with Gasteiger partial charge in [0.05, 0.1) is 0 Å². The molecule has 1 aromatic carbocycles. The summed E-state index contributed by atoms with van der Waals surface area (Å²) in [4.78, 5) is 34.8. The number of piperazine rings is 1. The maximum absolute atomic E-state index is 12.9. The molecule has 124 valence electrons. The summed E-state index contributed by atoms with van der Waals surface area (Å²) in [6.45, 7) is 1.98. The Labute approximate surface area is 138 Å². The molecule has 2 heterocycles. The van der Waals surface area contributed by atoms with Crippen LogP contribution in [-0.2, 0) is 4.79 Å². The Morgan fingerprint density at radius 3 is 2.50 bits per heavy atom. The van der Waals surface area contributed by atoms with Crippen molar-refractivity contribution in [3.63, 3.8) is 0 Å². The lowest BCUT2D eigenvalue weighted by Gasteiger charge is -2.32. The van der Waals surface area contributed by atoms with E-state index in [2.05, 4.69) is 15.3 Å². The van der Waals surface area contributed by atoms with Crippen molar-refractivity contribution in [1.29, 1.82) is 0 Å². The highest BCUT2D eigenvalue weighted by Gasteiger charge is 2.22. The zero-order chi connectivity index (χ0) is 16.9. The summed E-state index contributed by atoms with van der Waals surface area (Å²) in [7, 11) is 0. The number of anilines is 2. The van der Waals surface area contributed by atoms with Gasteiger partial charge in [-0.25, -0.2) is 14.4 Å². The normalized spacial score (nSPS) is 14.4. The van der Waals surface area contributed by atoms with E-state index in [0.717, 1.165) is 6.41 Å². The lowest BCUT2D eigenvalue weighted by Crippen LogP contribution is -2.48. The van der Waals surface area contributed by atoms with Crippen molar-refractivity contribution >= 4 is 24.0 Å². The van der Waals surface area contributed by atoms with Crippen LogP contribution in [-0.4, -0.2) is 58.3 Å². The Morgan fingerprint density at radius 1 is 1.12 bits per heavy atom. The first-order valence-corrected chi connectivity index (χ1v) is 7.50. The summed E-state index contributed by atoms with van der Waals surface area (Å²) in [5.74, 6) is -0.274. The first-order valence-electron chi connectivity index (χ1n) is 7.50. The van der Waals surface area contributed by atoms with E-state index in [0.29, 0.717) is 31.9 Å². The van der Waals surface area contributed by atoms with Crippen LogP contribution in [0.15, 0.2) is 36.5 Å². The molecule has 1 aromatic heterocycles. The summed E-state index contributed by atoms with van der Waals surface area (Å²) in [6.07, 6.45) is 2.28. The second-order valence-electron chi connectivity index (χ2n) is 5.33. The fraction of sp³-hybridized carbons (Fsp3) is 0.250. The van der Waals surface area contributed by atoms with Crippen LogP contribution < -0.4 is 5.32 Å². The Hall–Kier alpha value is -3.03. The summed E-state index contributed by atoms with van der Waals surface area (Å²) in [6, 6.07) is 7.32. The summed E-state index contributed by atoms with van der Waals surface area (Å²) in [5.41, 5.74) is 0.898. The third kappa shape index (κ3) is 3.65. The van der Waals surface area contributed by atoms with E-state index in [-0.39, 0.29) is 23.4 Å². The number of benzene rings is 1. The molecule has 24 heavy (non-hydrogen) atoms. The molecule has 8 heteroatoms. The first-order chi connectivity index (χ1) is 11.7.